The van der Waals surface area contributed by atoms with Gasteiger partial charge in [0.2, 0.25) is 21.9 Å². The maximum absolute atomic E-state index is 13.6. The van der Waals surface area contributed by atoms with E-state index in [1.165, 1.54) is 23.7 Å². The number of sulfonamides is 1. The molecule has 2 saturated heterocycles. The van der Waals surface area contributed by atoms with Crippen LogP contribution in [0.2, 0.25) is 0 Å². The van der Waals surface area contributed by atoms with Crippen molar-refractivity contribution in [3.05, 3.63) is 42.2 Å². The van der Waals surface area contributed by atoms with E-state index < -0.39 is 33.3 Å². The third-order valence-electron chi connectivity index (χ3n) is 6.48. The first-order chi connectivity index (χ1) is 18.3. The van der Waals surface area contributed by atoms with Crippen molar-refractivity contribution in [2.75, 3.05) is 43.5 Å². The smallest absolute Gasteiger partial charge is 0.243 e. The number of piperidine rings is 1. The summed E-state index contributed by atoms with van der Waals surface area (Å²) in [5.41, 5.74) is 0.413. The molecule has 3 aromatic rings. The highest BCUT2D eigenvalue weighted by Gasteiger charge is 2.38. The lowest BCUT2D eigenvalue weighted by molar-refractivity contribution is 0.103. The minimum atomic E-state index is -4.13. The van der Waals surface area contributed by atoms with E-state index in [1.54, 1.807) is 18.2 Å². The minimum absolute atomic E-state index is 0.0251. The van der Waals surface area contributed by atoms with E-state index in [-0.39, 0.29) is 31.4 Å². The second-order valence-electron chi connectivity index (χ2n) is 8.99. The Balaban J connectivity index is 1.51. The molecule has 0 bridgehead atoms. The number of nitrogens with one attached hydrogen (secondary N) is 1. The van der Waals surface area contributed by atoms with Crippen molar-refractivity contribution in [1.82, 2.24) is 24.7 Å². The Morgan fingerprint density at radius 3 is 2.47 bits per heavy atom. The van der Waals surface area contributed by atoms with Crippen molar-refractivity contribution in [3.8, 4) is 17.2 Å². The molecule has 4 heterocycles. The molecule has 0 aliphatic carbocycles. The Labute approximate surface area is 218 Å². The molecule has 2 aliphatic heterocycles. The highest BCUT2D eigenvalue weighted by molar-refractivity contribution is 7.93. The first-order valence-corrected chi connectivity index (χ1v) is 13.6. The predicted octanol–water partition coefficient (Wildman–Crippen LogP) is 1.45. The van der Waals surface area contributed by atoms with Crippen molar-refractivity contribution in [3.63, 3.8) is 0 Å². The summed E-state index contributed by atoms with van der Waals surface area (Å²) in [6.07, 6.45) is 2.07. The molecule has 1 unspecified atom stereocenters. The Bertz CT molecular complexity index is 1360. The molecule has 2 aliphatic rings. The Hall–Kier alpha value is -3.56. The topological polar surface area (TPSA) is 154 Å². The number of anilines is 2. The van der Waals surface area contributed by atoms with Crippen LogP contribution in [0.25, 0.3) is 5.69 Å². The number of halogens is 1. The van der Waals surface area contributed by atoms with Gasteiger partial charge in [-0.1, -0.05) is 6.07 Å². The molecule has 15 heteroatoms. The molecule has 2 N–H and O–H groups in total. The van der Waals surface area contributed by atoms with Crippen LogP contribution in [0, 0.1) is 5.82 Å². The average molecular weight is 550 g/mol. The largest absolute Gasteiger partial charge is 0.494 e. The highest BCUT2D eigenvalue weighted by atomic mass is 32.2. The number of methoxy groups -OCH3 is 2. The zero-order valence-corrected chi connectivity index (χ0v) is 21.6. The summed E-state index contributed by atoms with van der Waals surface area (Å²) in [6.45, 7) is 0.626. The highest BCUT2D eigenvalue weighted by Crippen LogP contribution is 2.39. The summed E-state index contributed by atoms with van der Waals surface area (Å²) >= 11 is 0. The van der Waals surface area contributed by atoms with Gasteiger partial charge < -0.3 is 24.2 Å². The van der Waals surface area contributed by atoms with Gasteiger partial charge in [-0.3, -0.25) is 9.29 Å². The van der Waals surface area contributed by atoms with Gasteiger partial charge in [0.25, 0.3) is 0 Å². The van der Waals surface area contributed by atoms with Crippen molar-refractivity contribution in [1.29, 1.82) is 0 Å². The molecule has 0 spiro atoms. The quantitative estimate of drug-likeness (QED) is 0.420. The van der Waals surface area contributed by atoms with Crippen LogP contribution in [-0.2, 0) is 14.8 Å². The first kappa shape index (κ1) is 26.1. The number of ether oxygens (including phenoxy) is 3. The van der Waals surface area contributed by atoms with Crippen molar-refractivity contribution in [2.24, 2.45) is 0 Å². The summed E-state index contributed by atoms with van der Waals surface area (Å²) in [7, 11) is -1.14. The number of aliphatic hydroxyl groups is 1. The van der Waals surface area contributed by atoms with Gasteiger partial charge in [0.15, 0.2) is 11.6 Å². The number of hydrogen-bond acceptors (Lipinski definition) is 11. The molecule has 5 rings (SSSR count). The van der Waals surface area contributed by atoms with Crippen molar-refractivity contribution >= 4 is 21.9 Å². The molecule has 1 aromatic carbocycles. The summed E-state index contributed by atoms with van der Waals surface area (Å²) < 4.78 is 61.6. The van der Waals surface area contributed by atoms with Gasteiger partial charge in [0, 0.05) is 19.7 Å². The zero-order chi connectivity index (χ0) is 26.9. The van der Waals surface area contributed by atoms with Crippen LogP contribution in [0.5, 0.6) is 11.5 Å². The minimum Gasteiger partial charge on any atom is -0.494 e. The number of β-amino-alcohol motifs (C(OH)–C–C–N with tert-alkyl or cyclic N) is 1. The summed E-state index contributed by atoms with van der Waals surface area (Å²) in [6, 6.07) is 5.18. The normalized spacial score (nSPS) is 21.9. The molecule has 2 aromatic heterocycles. The second kappa shape index (κ2) is 10.7. The SMILES string of the molecule is COc1cccc(OC)c1-n1c(NS(=O)(=O)[C@H]2C[C@H](O)CN(c3ncc(F)cn3)C2)nnc1C1CCCO1. The molecule has 3 atom stereocenters. The van der Waals surface area contributed by atoms with Crippen LogP contribution in [-0.4, -0.2) is 83.5 Å². The van der Waals surface area contributed by atoms with E-state index in [9.17, 15) is 17.9 Å². The lowest BCUT2D eigenvalue weighted by Gasteiger charge is -2.35. The van der Waals surface area contributed by atoms with Crippen LogP contribution in [0.4, 0.5) is 16.3 Å². The molecule has 0 radical (unpaired) electrons. The third-order valence-corrected chi connectivity index (χ3v) is 8.17. The zero-order valence-electron chi connectivity index (χ0n) is 20.8. The van der Waals surface area contributed by atoms with E-state index in [2.05, 4.69) is 24.9 Å². The predicted molar refractivity (Wildman–Crippen MR) is 134 cm³/mol. The number of aliphatic hydroxyl groups excluding tert-OH is 1. The maximum atomic E-state index is 13.6. The standard InChI is InChI=1S/C23H28FN7O6S/c1-35-17-5-3-6-18(36-2)20(17)31-21(19-7-4-8-37-19)27-28-23(31)29-38(33,34)16-9-15(32)12-30(13-16)22-25-10-14(24)11-26-22/h3,5-6,10-11,15-16,19,32H,4,7-9,12-13H2,1-2H3,(H,28,29)/t15-,16-,19?/m0/s1. The Kier molecular flexibility index (Phi) is 7.32. The lowest BCUT2D eigenvalue weighted by Crippen LogP contribution is -2.50. The molecule has 38 heavy (non-hydrogen) atoms. The van der Waals surface area contributed by atoms with Crippen LogP contribution in [0.3, 0.4) is 0 Å². The number of rotatable bonds is 8. The molecular formula is C23H28FN7O6S. The monoisotopic (exact) mass is 549 g/mol. The van der Waals surface area contributed by atoms with Gasteiger partial charge in [0.05, 0.1) is 32.7 Å². The van der Waals surface area contributed by atoms with Crippen LogP contribution in [0.1, 0.15) is 31.2 Å². The van der Waals surface area contributed by atoms with Gasteiger partial charge in [-0.15, -0.1) is 10.2 Å². The number of hydrogen-bond donors (Lipinski definition) is 2. The van der Waals surface area contributed by atoms with Gasteiger partial charge in [-0.25, -0.2) is 22.8 Å². The fourth-order valence-electron chi connectivity index (χ4n) is 4.72. The van der Waals surface area contributed by atoms with Crippen molar-refractivity contribution in [2.45, 2.75) is 36.7 Å². The van der Waals surface area contributed by atoms with Gasteiger partial charge in [-0.2, -0.15) is 0 Å². The number of benzene rings is 1. The van der Waals surface area contributed by atoms with Gasteiger partial charge >= 0.3 is 0 Å². The van der Waals surface area contributed by atoms with Crippen LogP contribution in [0.15, 0.2) is 30.6 Å². The van der Waals surface area contributed by atoms with E-state index in [0.29, 0.717) is 36.0 Å². The third kappa shape index (κ3) is 5.08. The molecule has 0 saturated carbocycles. The number of aromatic nitrogens is 5. The van der Waals surface area contributed by atoms with E-state index in [0.717, 1.165) is 18.8 Å². The fourth-order valence-corrected chi connectivity index (χ4v) is 6.12. The van der Waals surface area contributed by atoms with E-state index in [4.69, 9.17) is 14.2 Å². The van der Waals surface area contributed by atoms with Gasteiger partial charge in [0.1, 0.15) is 28.5 Å². The number of para-hydroxylation sites is 1. The van der Waals surface area contributed by atoms with E-state index >= 15 is 0 Å². The fraction of sp³-hybridized carbons (Fsp3) is 0.478. The summed E-state index contributed by atoms with van der Waals surface area (Å²) in [5, 5.41) is 17.8. The number of nitrogens with zero attached hydrogens (tertiary/aromatic N) is 6. The molecule has 2 fully saturated rings. The van der Waals surface area contributed by atoms with Crippen LogP contribution >= 0.6 is 0 Å². The molecular weight excluding hydrogens is 521 g/mol. The molecule has 204 valence electrons. The van der Waals surface area contributed by atoms with Crippen LogP contribution < -0.4 is 19.1 Å². The summed E-state index contributed by atoms with van der Waals surface area (Å²) in [4.78, 5) is 9.35. The molecule has 0 amide bonds. The Morgan fingerprint density at radius 2 is 1.84 bits per heavy atom. The second-order valence-corrected chi connectivity index (χ2v) is 11.0. The lowest BCUT2D eigenvalue weighted by atomic mass is 10.1. The average Bonchev–Trinajstić information content (AvgIpc) is 3.58. The van der Waals surface area contributed by atoms with E-state index in [1.807, 2.05) is 0 Å². The maximum Gasteiger partial charge on any atom is 0.243 e. The van der Waals surface area contributed by atoms with Crippen molar-refractivity contribution < 1.29 is 32.1 Å². The summed E-state index contributed by atoms with van der Waals surface area (Å²) in [5.74, 6) is 0.641. The molecule has 13 nitrogen and oxygen atoms in total. The first-order valence-electron chi connectivity index (χ1n) is 12.0. The Morgan fingerprint density at radius 1 is 1.13 bits per heavy atom. The van der Waals surface area contributed by atoms with Gasteiger partial charge in [-0.05, 0) is 31.4 Å².